The Morgan fingerprint density at radius 3 is 2.42 bits per heavy atom. The average Bonchev–Trinajstić information content (AvgIpc) is 2.57. The number of methoxy groups -OCH3 is 1. The van der Waals surface area contributed by atoms with Crippen LogP contribution in [-0.4, -0.2) is 38.6 Å². The lowest BCUT2D eigenvalue weighted by atomic mass is 10.1. The molecule has 0 fully saturated rings. The number of ether oxygens (including phenoxy) is 1. The number of carbonyl (C=O) groups is 1. The minimum absolute atomic E-state index is 0.00940. The van der Waals surface area contributed by atoms with Crippen molar-refractivity contribution in [2.75, 3.05) is 27.7 Å². The minimum Gasteiger partial charge on any atom is -0.497 e. The number of nitrogens with zero attached hydrogens (tertiary/aromatic N) is 1. The zero-order valence-corrected chi connectivity index (χ0v) is 14.5. The topological polar surface area (TPSA) is 41.6 Å². The molecule has 1 atom stereocenters. The molecule has 0 saturated carbocycles. The second-order valence-electron chi connectivity index (χ2n) is 5.93. The Morgan fingerprint density at radius 1 is 1.21 bits per heavy atom. The van der Waals surface area contributed by atoms with E-state index in [1.165, 1.54) is 6.07 Å². The molecule has 128 valence electrons. The highest BCUT2D eigenvalue weighted by atomic mass is 19.1. The smallest absolute Gasteiger partial charge is 0.251 e. The summed E-state index contributed by atoms with van der Waals surface area (Å²) >= 11 is 0. The summed E-state index contributed by atoms with van der Waals surface area (Å²) in [5, 5.41) is 2.88. The van der Waals surface area contributed by atoms with Crippen LogP contribution in [0, 0.1) is 12.7 Å². The monoisotopic (exact) mass is 330 g/mol. The number of hydrogen-bond donors (Lipinski definition) is 1. The summed E-state index contributed by atoms with van der Waals surface area (Å²) in [7, 11) is 5.53. The van der Waals surface area contributed by atoms with Crippen molar-refractivity contribution in [3.8, 4) is 5.75 Å². The largest absolute Gasteiger partial charge is 0.497 e. The third-order valence-corrected chi connectivity index (χ3v) is 4.01. The summed E-state index contributed by atoms with van der Waals surface area (Å²) in [4.78, 5) is 14.3. The van der Waals surface area contributed by atoms with E-state index >= 15 is 0 Å². The van der Waals surface area contributed by atoms with Crippen LogP contribution >= 0.6 is 0 Å². The number of benzene rings is 2. The Labute approximate surface area is 142 Å². The van der Waals surface area contributed by atoms with Gasteiger partial charge in [-0.25, -0.2) is 4.39 Å². The second kappa shape index (κ2) is 7.93. The summed E-state index contributed by atoms with van der Waals surface area (Å²) in [5.41, 5.74) is 1.91. The molecule has 0 spiro atoms. The Morgan fingerprint density at radius 2 is 1.88 bits per heavy atom. The molecule has 5 heteroatoms. The first-order valence-electron chi connectivity index (χ1n) is 7.77. The number of amides is 1. The van der Waals surface area contributed by atoms with Gasteiger partial charge in [0, 0.05) is 12.1 Å². The average molecular weight is 330 g/mol. The molecule has 0 aliphatic rings. The zero-order valence-electron chi connectivity index (χ0n) is 14.5. The van der Waals surface area contributed by atoms with Gasteiger partial charge in [0.25, 0.3) is 5.91 Å². The van der Waals surface area contributed by atoms with Crippen molar-refractivity contribution in [2.24, 2.45) is 0 Å². The molecule has 24 heavy (non-hydrogen) atoms. The minimum atomic E-state index is -0.373. The van der Waals surface area contributed by atoms with Crippen molar-refractivity contribution < 1.29 is 13.9 Å². The lowest BCUT2D eigenvalue weighted by Gasteiger charge is -2.25. The quantitative estimate of drug-likeness (QED) is 0.884. The van der Waals surface area contributed by atoms with Crippen LogP contribution in [0.15, 0.2) is 42.5 Å². The first kappa shape index (κ1) is 17.9. The molecule has 0 saturated heterocycles. The first-order valence-corrected chi connectivity index (χ1v) is 7.77. The Bertz CT molecular complexity index is 699. The fourth-order valence-corrected chi connectivity index (χ4v) is 2.45. The van der Waals surface area contributed by atoms with E-state index in [9.17, 15) is 9.18 Å². The normalized spacial score (nSPS) is 12.1. The van der Waals surface area contributed by atoms with E-state index in [-0.39, 0.29) is 17.8 Å². The van der Waals surface area contributed by atoms with Crippen molar-refractivity contribution >= 4 is 5.91 Å². The van der Waals surface area contributed by atoms with E-state index in [1.54, 1.807) is 26.2 Å². The number of nitrogens with one attached hydrogen (secondary N) is 1. The number of likely N-dealkylation sites (N-methyl/N-ethyl adjacent to an activating group) is 1. The van der Waals surface area contributed by atoms with Gasteiger partial charge in [0.05, 0.1) is 13.2 Å². The van der Waals surface area contributed by atoms with Crippen LogP contribution in [0.5, 0.6) is 5.75 Å². The Hall–Kier alpha value is -2.40. The molecule has 0 radical (unpaired) electrons. The van der Waals surface area contributed by atoms with E-state index in [2.05, 4.69) is 5.32 Å². The standard InChI is InChI=1S/C19H23FN2O2/c1-13-5-6-15(11-17(13)20)19(23)21-12-18(22(2)3)14-7-9-16(24-4)10-8-14/h5-11,18H,12H2,1-4H3,(H,21,23)/t18-/m1/s1. The molecule has 0 bridgehead atoms. The van der Waals surface area contributed by atoms with Crippen LogP contribution in [-0.2, 0) is 0 Å². The number of hydrogen-bond acceptors (Lipinski definition) is 3. The third-order valence-electron chi connectivity index (χ3n) is 4.01. The van der Waals surface area contributed by atoms with Crippen molar-refractivity contribution in [2.45, 2.75) is 13.0 Å². The van der Waals surface area contributed by atoms with Crippen LogP contribution in [0.2, 0.25) is 0 Å². The Balaban J connectivity index is 2.07. The van der Waals surface area contributed by atoms with Crippen LogP contribution in [0.4, 0.5) is 4.39 Å². The molecule has 0 unspecified atom stereocenters. The van der Waals surface area contributed by atoms with Crippen molar-refractivity contribution in [1.82, 2.24) is 10.2 Å². The molecule has 0 aliphatic heterocycles. The van der Waals surface area contributed by atoms with E-state index < -0.39 is 0 Å². The SMILES string of the molecule is COc1ccc([C@@H](CNC(=O)c2ccc(C)c(F)c2)N(C)C)cc1. The summed E-state index contributed by atoms with van der Waals surface area (Å²) in [5.74, 6) is 0.131. The molecule has 1 N–H and O–H groups in total. The summed E-state index contributed by atoms with van der Waals surface area (Å²) < 4.78 is 18.8. The second-order valence-corrected chi connectivity index (χ2v) is 5.93. The molecular weight excluding hydrogens is 307 g/mol. The van der Waals surface area contributed by atoms with Crippen LogP contribution in [0.3, 0.4) is 0 Å². The van der Waals surface area contributed by atoms with Gasteiger partial charge >= 0.3 is 0 Å². The summed E-state index contributed by atoms with van der Waals surface area (Å²) in [6.45, 7) is 2.09. The van der Waals surface area contributed by atoms with E-state index in [0.29, 0.717) is 17.7 Å². The summed E-state index contributed by atoms with van der Waals surface area (Å²) in [6, 6.07) is 12.2. The first-order chi connectivity index (χ1) is 11.4. The maximum Gasteiger partial charge on any atom is 0.251 e. The van der Waals surface area contributed by atoms with Gasteiger partial charge in [0.1, 0.15) is 11.6 Å². The predicted molar refractivity (Wildman–Crippen MR) is 92.9 cm³/mol. The lowest BCUT2D eigenvalue weighted by molar-refractivity contribution is 0.0941. The maximum atomic E-state index is 13.6. The van der Waals surface area contributed by atoms with Gasteiger partial charge < -0.3 is 15.0 Å². The lowest BCUT2D eigenvalue weighted by Crippen LogP contribution is -2.34. The fourth-order valence-electron chi connectivity index (χ4n) is 2.45. The van der Waals surface area contributed by atoms with Gasteiger partial charge in [-0.2, -0.15) is 0 Å². The number of carbonyl (C=O) groups excluding carboxylic acids is 1. The van der Waals surface area contributed by atoms with Crippen molar-refractivity contribution in [3.05, 3.63) is 65.0 Å². The molecule has 4 nitrogen and oxygen atoms in total. The molecular formula is C19H23FN2O2. The summed E-state index contributed by atoms with van der Waals surface area (Å²) in [6.07, 6.45) is 0. The molecule has 0 aromatic heterocycles. The van der Waals surface area contributed by atoms with Crippen LogP contribution in [0.25, 0.3) is 0 Å². The van der Waals surface area contributed by atoms with E-state index in [0.717, 1.165) is 11.3 Å². The van der Waals surface area contributed by atoms with Gasteiger partial charge in [-0.15, -0.1) is 0 Å². The third kappa shape index (κ3) is 4.32. The molecule has 2 aromatic rings. The Kier molecular flexibility index (Phi) is 5.93. The highest BCUT2D eigenvalue weighted by molar-refractivity contribution is 5.94. The maximum absolute atomic E-state index is 13.6. The molecule has 2 aromatic carbocycles. The molecule has 0 aliphatic carbocycles. The van der Waals surface area contributed by atoms with E-state index in [4.69, 9.17) is 4.74 Å². The number of halogens is 1. The van der Waals surface area contributed by atoms with Crippen LogP contribution in [0.1, 0.15) is 27.5 Å². The van der Waals surface area contributed by atoms with Gasteiger partial charge in [-0.3, -0.25) is 4.79 Å². The number of aryl methyl sites for hydroxylation is 1. The predicted octanol–water partition coefficient (Wildman–Crippen LogP) is 3.18. The molecule has 0 heterocycles. The number of rotatable bonds is 6. The highest BCUT2D eigenvalue weighted by Crippen LogP contribution is 2.21. The van der Waals surface area contributed by atoms with Crippen LogP contribution < -0.4 is 10.1 Å². The van der Waals surface area contributed by atoms with E-state index in [1.807, 2.05) is 43.3 Å². The van der Waals surface area contributed by atoms with Gasteiger partial charge in [0.2, 0.25) is 0 Å². The highest BCUT2D eigenvalue weighted by Gasteiger charge is 2.16. The van der Waals surface area contributed by atoms with Crippen molar-refractivity contribution in [1.29, 1.82) is 0 Å². The fraction of sp³-hybridized carbons (Fsp3) is 0.316. The molecule has 2 rings (SSSR count). The zero-order chi connectivity index (χ0) is 17.7. The van der Waals surface area contributed by atoms with Gasteiger partial charge in [-0.05, 0) is 56.4 Å². The van der Waals surface area contributed by atoms with Gasteiger partial charge in [0.15, 0.2) is 0 Å². The van der Waals surface area contributed by atoms with Crippen molar-refractivity contribution in [3.63, 3.8) is 0 Å². The molecule has 1 amide bonds. The van der Waals surface area contributed by atoms with Gasteiger partial charge in [-0.1, -0.05) is 18.2 Å².